The number of hydrogen-bond acceptors (Lipinski definition) is 0. The van der Waals surface area contributed by atoms with Crippen LogP contribution >= 0.6 is 0 Å². The first-order valence-electron chi connectivity index (χ1n) is 7.28. The van der Waals surface area contributed by atoms with Crippen LogP contribution in [0.25, 0.3) is 0 Å². The third-order valence-corrected chi connectivity index (χ3v) is 3.61. The molecule has 0 nitrogen and oxygen atoms in total. The molecule has 0 saturated heterocycles. The van der Waals surface area contributed by atoms with E-state index in [-0.39, 0.29) is 80.1 Å². The third-order valence-electron chi connectivity index (χ3n) is 3.61. The molecule has 0 unspecified atom stereocenters. The minimum absolute atomic E-state index is 0. The molecule has 2 aromatic carbocycles. The van der Waals surface area contributed by atoms with Gasteiger partial charge in [-0.3, -0.25) is 0 Å². The van der Waals surface area contributed by atoms with Gasteiger partial charge in [-0.25, -0.2) is 11.1 Å². The topological polar surface area (TPSA) is 0 Å². The van der Waals surface area contributed by atoms with Crippen molar-refractivity contribution in [2.75, 3.05) is 0 Å². The van der Waals surface area contributed by atoms with Gasteiger partial charge in [-0.2, -0.15) is 23.3 Å². The molecule has 0 atom stereocenters. The maximum Gasteiger partial charge on any atom is 2.00 e. The number of allylic oxidation sites excluding steroid dienone is 2. The van der Waals surface area contributed by atoms with Crippen LogP contribution in [0.2, 0.25) is 0 Å². The summed E-state index contributed by atoms with van der Waals surface area (Å²) in [4.78, 5) is 0. The van der Waals surface area contributed by atoms with E-state index in [1.165, 1.54) is 24.0 Å². The summed E-state index contributed by atoms with van der Waals surface area (Å²) in [6.07, 6.45) is 11.9. The van der Waals surface area contributed by atoms with Gasteiger partial charge >= 0.3 is 46.1 Å². The van der Waals surface area contributed by atoms with Gasteiger partial charge in [0.25, 0.3) is 0 Å². The second-order valence-electron chi connectivity index (χ2n) is 5.15. The van der Waals surface area contributed by atoms with Crippen molar-refractivity contribution in [3.8, 4) is 0 Å². The van der Waals surface area contributed by atoms with E-state index in [2.05, 4.69) is 60.7 Å². The van der Waals surface area contributed by atoms with Crippen LogP contribution in [0.3, 0.4) is 0 Å². The number of benzene rings is 2. The molecule has 0 spiro atoms. The smallest absolute Gasteiger partial charge is 1.00 e. The maximum absolute atomic E-state index is 3.57. The summed E-state index contributed by atoms with van der Waals surface area (Å²) in [6.45, 7) is 0. The molecule has 0 aliphatic heterocycles. The summed E-state index contributed by atoms with van der Waals surface area (Å²) in [5.41, 5.74) is 4.98. The van der Waals surface area contributed by atoms with Gasteiger partial charge in [-0.05, 0) is 0 Å². The molecule has 24 heavy (non-hydrogen) atoms. The molecule has 0 radical (unpaired) electrons. The van der Waals surface area contributed by atoms with Crippen LogP contribution in [-0.4, -0.2) is 46.1 Å². The van der Waals surface area contributed by atoms with Gasteiger partial charge in [0.15, 0.2) is 0 Å². The van der Waals surface area contributed by atoms with Gasteiger partial charge in [-0.1, -0.05) is 37.8 Å². The van der Waals surface area contributed by atoms with Crippen molar-refractivity contribution >= 4 is 46.1 Å². The molecule has 0 heterocycles. The Hall–Kier alpha value is 0.412. The van der Waals surface area contributed by atoms with E-state index in [9.17, 15) is 0 Å². The minimum atomic E-state index is 0. The molecule has 1 aliphatic rings. The average molecular weight is 467 g/mol. The van der Waals surface area contributed by atoms with E-state index in [0.717, 1.165) is 24.0 Å². The molecule has 1 aliphatic carbocycles. The van der Waals surface area contributed by atoms with Crippen LogP contribution in [-0.2, 0) is 0 Å². The first kappa shape index (κ1) is 26.6. The van der Waals surface area contributed by atoms with E-state index in [4.69, 9.17) is 0 Å². The number of rotatable bonds is 2. The van der Waals surface area contributed by atoms with Gasteiger partial charge in [0.05, 0.1) is 0 Å². The van der Waals surface area contributed by atoms with Gasteiger partial charge in [0.1, 0.15) is 0 Å². The Balaban J connectivity index is 0. The van der Waals surface area contributed by atoms with E-state index < -0.39 is 0 Å². The molecule has 3 rings (SSSR count). The van der Waals surface area contributed by atoms with Crippen molar-refractivity contribution in [3.63, 3.8) is 0 Å². The summed E-state index contributed by atoms with van der Waals surface area (Å²) in [5.74, 6) is 0. The van der Waals surface area contributed by atoms with Crippen molar-refractivity contribution in [1.82, 2.24) is 0 Å². The predicted octanol–water partition coefficient (Wildman–Crippen LogP) is -1.64. The van der Waals surface area contributed by atoms with Crippen LogP contribution in [0, 0.1) is 12.2 Å². The van der Waals surface area contributed by atoms with E-state index in [0.29, 0.717) is 0 Å². The molecule has 0 aromatic heterocycles. The molecular formula is C20H18Br2Mg2. The van der Waals surface area contributed by atoms with E-state index in [1.54, 1.807) is 0 Å². The zero-order chi connectivity index (χ0) is 13.6. The van der Waals surface area contributed by atoms with Crippen LogP contribution in [0.5, 0.6) is 0 Å². The van der Waals surface area contributed by atoms with E-state index in [1.807, 2.05) is 12.1 Å². The Bertz CT molecular complexity index is 565. The zero-order valence-corrected chi connectivity index (χ0v) is 19.8. The van der Waals surface area contributed by atoms with Crippen LogP contribution < -0.4 is 34.0 Å². The molecular weight excluding hydrogens is 449 g/mol. The Labute approximate surface area is 199 Å². The fourth-order valence-electron chi connectivity index (χ4n) is 2.57. The molecule has 1 saturated carbocycles. The van der Waals surface area contributed by atoms with Crippen LogP contribution in [0.4, 0.5) is 0 Å². The number of hydrogen-bond donors (Lipinski definition) is 0. The fraction of sp³-hybridized carbons (Fsp3) is 0.200. The molecule has 0 amide bonds. The largest absolute Gasteiger partial charge is 2.00 e. The standard InChI is InChI=1S/C20H18.2BrH.2Mg/c1-3-9-17(10-4-1)15-19-13-7-8-14-20(19)16-18-11-5-2-6-12-18;;;;/h1-6,9-12H,7-8,13-14H2;2*1H;;/q-2;;;2*+2/p-2. The number of halogens is 2. The second kappa shape index (κ2) is 14.6. The van der Waals surface area contributed by atoms with Crippen LogP contribution in [0.1, 0.15) is 36.8 Å². The Morgan fingerprint density at radius 3 is 1.21 bits per heavy atom. The Morgan fingerprint density at radius 1 is 0.542 bits per heavy atom. The van der Waals surface area contributed by atoms with Crippen LogP contribution in [0.15, 0.2) is 71.8 Å². The quantitative estimate of drug-likeness (QED) is 0.368. The minimum Gasteiger partial charge on any atom is -1.00 e. The molecule has 0 N–H and O–H groups in total. The molecule has 2 aromatic rings. The average Bonchev–Trinajstić information content (AvgIpc) is 2.51. The summed E-state index contributed by atoms with van der Waals surface area (Å²) in [6, 6.07) is 20.8. The SMILES string of the molecule is [Br-].[Br-].[C-](=C1CCCCC1=[C-]c1ccccc1)c1ccccc1.[Mg+2].[Mg+2]. The summed E-state index contributed by atoms with van der Waals surface area (Å²) in [7, 11) is 0. The molecule has 4 heteroatoms. The van der Waals surface area contributed by atoms with Gasteiger partial charge < -0.3 is 34.0 Å². The molecule has 0 bridgehead atoms. The van der Waals surface area contributed by atoms with Gasteiger partial charge in [0, 0.05) is 0 Å². The first-order chi connectivity index (χ1) is 9.92. The first-order valence-corrected chi connectivity index (χ1v) is 7.28. The second-order valence-corrected chi connectivity index (χ2v) is 5.15. The Kier molecular flexibility index (Phi) is 16.2. The van der Waals surface area contributed by atoms with Gasteiger partial charge in [0.2, 0.25) is 0 Å². The van der Waals surface area contributed by atoms with Crippen molar-refractivity contribution in [3.05, 3.63) is 95.1 Å². The summed E-state index contributed by atoms with van der Waals surface area (Å²) >= 11 is 0. The Morgan fingerprint density at radius 2 is 0.875 bits per heavy atom. The maximum atomic E-state index is 3.57. The monoisotopic (exact) mass is 464 g/mol. The van der Waals surface area contributed by atoms with Crippen molar-refractivity contribution < 1.29 is 34.0 Å². The third kappa shape index (κ3) is 8.19. The predicted molar refractivity (Wildman–Crippen MR) is 94.6 cm³/mol. The zero-order valence-electron chi connectivity index (χ0n) is 13.8. The summed E-state index contributed by atoms with van der Waals surface area (Å²) in [5, 5.41) is 0. The molecule has 116 valence electrons. The van der Waals surface area contributed by atoms with Crippen molar-refractivity contribution in [2.24, 2.45) is 0 Å². The van der Waals surface area contributed by atoms with Gasteiger partial charge in [-0.15, -0.1) is 48.5 Å². The van der Waals surface area contributed by atoms with E-state index >= 15 is 0 Å². The molecule has 1 fully saturated rings. The van der Waals surface area contributed by atoms with Crippen molar-refractivity contribution in [2.45, 2.75) is 25.7 Å². The fourth-order valence-corrected chi connectivity index (χ4v) is 2.57. The summed E-state index contributed by atoms with van der Waals surface area (Å²) < 4.78 is 0. The van der Waals surface area contributed by atoms with Crippen molar-refractivity contribution in [1.29, 1.82) is 0 Å². The normalized spacial score (nSPS) is 16.2.